The number of benzene rings is 2. The summed E-state index contributed by atoms with van der Waals surface area (Å²) in [5, 5.41) is 10.7. The van der Waals surface area contributed by atoms with E-state index in [0.717, 1.165) is 7.11 Å². The summed E-state index contributed by atoms with van der Waals surface area (Å²) in [6.45, 7) is 0. The fraction of sp³-hybridized carbons (Fsp3) is 0.0909. The Morgan fingerprint density at radius 1 is 1.00 bits per heavy atom. The van der Waals surface area contributed by atoms with Gasteiger partial charge < -0.3 is 0 Å². The Morgan fingerprint density at radius 3 is 2.42 bits per heavy atom. The number of rotatable bonds is 0. The van der Waals surface area contributed by atoms with Crippen molar-refractivity contribution in [2.24, 2.45) is 0 Å². The van der Waals surface area contributed by atoms with Crippen molar-refractivity contribution < 1.29 is 5.11 Å². The first kappa shape index (κ1) is 8.75. The minimum Gasteiger partial charge on any atom is -0.240 e. The molecule has 2 radical (unpaired) electrons. The van der Waals surface area contributed by atoms with Crippen LogP contribution in [0.3, 0.4) is 0 Å². The summed E-state index contributed by atoms with van der Waals surface area (Å²) in [5.41, 5.74) is 0. The van der Waals surface area contributed by atoms with Gasteiger partial charge in [0.05, 0.1) is 7.11 Å². The van der Waals surface area contributed by atoms with Crippen molar-refractivity contribution in [3.05, 3.63) is 48.5 Å². The lowest BCUT2D eigenvalue weighted by atomic mass is 10.1. The van der Waals surface area contributed by atoms with E-state index in [0.29, 0.717) is 0 Å². The Kier molecular flexibility index (Phi) is 3.30. The Labute approximate surface area is 72.3 Å². The summed E-state index contributed by atoms with van der Waals surface area (Å²) in [6, 6.07) is 17.4. The third-order valence-electron chi connectivity index (χ3n) is 1.57. The molecule has 0 saturated carbocycles. The van der Waals surface area contributed by atoms with E-state index in [1.54, 1.807) is 0 Å². The maximum Gasteiger partial charge on any atom is 0.0712 e. The van der Waals surface area contributed by atoms with Gasteiger partial charge in [-0.25, -0.2) is 5.11 Å². The van der Waals surface area contributed by atoms with Gasteiger partial charge in [0.15, 0.2) is 0 Å². The van der Waals surface area contributed by atoms with Crippen molar-refractivity contribution in [1.82, 2.24) is 0 Å². The molecule has 0 saturated heterocycles. The molecule has 0 amide bonds. The molecule has 1 heteroatoms. The smallest absolute Gasteiger partial charge is 0.0712 e. The predicted molar refractivity (Wildman–Crippen MR) is 49.4 cm³/mol. The average molecular weight is 158 g/mol. The zero-order valence-corrected chi connectivity index (χ0v) is 6.95. The van der Waals surface area contributed by atoms with Crippen LogP contribution >= 0.6 is 0 Å². The molecule has 0 N–H and O–H groups in total. The van der Waals surface area contributed by atoms with Gasteiger partial charge in [0.25, 0.3) is 0 Å². The van der Waals surface area contributed by atoms with Gasteiger partial charge in [-0.1, -0.05) is 42.5 Å². The fourth-order valence-corrected chi connectivity index (χ4v) is 1.06. The molecular weight excluding hydrogens is 148 g/mol. The van der Waals surface area contributed by atoms with E-state index in [1.165, 1.54) is 10.8 Å². The molecule has 0 unspecified atom stereocenters. The molecular formula is C11H10O. The SMILES string of the molecule is C[O].[c]1cccc2ccccc12. The van der Waals surface area contributed by atoms with Gasteiger partial charge in [0, 0.05) is 0 Å². The van der Waals surface area contributed by atoms with Gasteiger partial charge in [-0.3, -0.25) is 0 Å². The van der Waals surface area contributed by atoms with E-state index in [-0.39, 0.29) is 0 Å². The highest BCUT2D eigenvalue weighted by Crippen LogP contribution is 2.10. The van der Waals surface area contributed by atoms with Crippen LogP contribution in [-0.4, -0.2) is 7.11 Å². The van der Waals surface area contributed by atoms with Gasteiger partial charge in [0.2, 0.25) is 0 Å². The lowest BCUT2D eigenvalue weighted by Crippen LogP contribution is -1.67. The summed E-state index contributed by atoms with van der Waals surface area (Å²) in [5.74, 6) is 0. The maximum absolute atomic E-state index is 8.25. The molecule has 0 spiro atoms. The molecule has 0 heterocycles. The standard InChI is InChI=1S/C10H7.CH3O/c1-2-6-10-8-4-3-7-9(10)5-1;1-2/h1-7H;1H3. The van der Waals surface area contributed by atoms with Crippen molar-refractivity contribution in [1.29, 1.82) is 0 Å². The van der Waals surface area contributed by atoms with Crippen LogP contribution in [0.4, 0.5) is 0 Å². The van der Waals surface area contributed by atoms with E-state index in [1.807, 2.05) is 24.3 Å². The number of hydrogen-bond acceptors (Lipinski definition) is 0. The summed E-state index contributed by atoms with van der Waals surface area (Å²) < 4.78 is 0. The molecule has 0 bridgehead atoms. The first-order chi connectivity index (χ1) is 5.97. The summed E-state index contributed by atoms with van der Waals surface area (Å²) >= 11 is 0. The van der Waals surface area contributed by atoms with Crippen molar-refractivity contribution in [2.75, 3.05) is 7.11 Å². The molecule has 60 valence electrons. The second kappa shape index (κ2) is 4.52. The topological polar surface area (TPSA) is 19.9 Å². The average Bonchev–Trinajstić information content (AvgIpc) is 2.21. The highest BCUT2D eigenvalue weighted by molar-refractivity contribution is 5.81. The predicted octanol–water partition coefficient (Wildman–Crippen LogP) is 2.69. The first-order valence-corrected chi connectivity index (χ1v) is 3.73. The molecule has 2 rings (SSSR count). The van der Waals surface area contributed by atoms with Crippen molar-refractivity contribution in [2.45, 2.75) is 0 Å². The molecule has 2 aromatic carbocycles. The quantitative estimate of drug-likeness (QED) is 0.561. The van der Waals surface area contributed by atoms with Gasteiger partial charge in [-0.05, 0) is 16.8 Å². The molecule has 1 nitrogen and oxygen atoms in total. The Balaban J connectivity index is 0.000000336. The number of fused-ring (bicyclic) bond motifs is 1. The van der Waals surface area contributed by atoms with Crippen LogP contribution < -0.4 is 0 Å². The van der Waals surface area contributed by atoms with Crippen LogP contribution in [0.1, 0.15) is 0 Å². The van der Waals surface area contributed by atoms with E-state index >= 15 is 0 Å². The third kappa shape index (κ3) is 1.83. The van der Waals surface area contributed by atoms with Gasteiger partial charge in [0.1, 0.15) is 0 Å². The zero-order chi connectivity index (χ0) is 8.81. The summed E-state index contributed by atoms with van der Waals surface area (Å²) in [4.78, 5) is 0. The van der Waals surface area contributed by atoms with E-state index in [4.69, 9.17) is 5.11 Å². The van der Waals surface area contributed by atoms with E-state index in [2.05, 4.69) is 24.3 Å². The summed E-state index contributed by atoms with van der Waals surface area (Å²) in [7, 11) is 0.750. The molecule has 2 aromatic rings. The number of hydrogen-bond donors (Lipinski definition) is 0. The van der Waals surface area contributed by atoms with Crippen LogP contribution in [0, 0.1) is 6.07 Å². The van der Waals surface area contributed by atoms with Crippen LogP contribution in [0.15, 0.2) is 42.5 Å². The van der Waals surface area contributed by atoms with Crippen molar-refractivity contribution in [3.8, 4) is 0 Å². The molecule has 0 aliphatic carbocycles. The zero-order valence-electron chi connectivity index (χ0n) is 6.95. The molecule has 0 aliphatic heterocycles. The molecule has 12 heavy (non-hydrogen) atoms. The molecule has 0 aliphatic rings. The summed E-state index contributed by atoms with van der Waals surface area (Å²) in [6.07, 6.45) is 0. The second-order valence-electron chi connectivity index (χ2n) is 2.26. The monoisotopic (exact) mass is 158 g/mol. The van der Waals surface area contributed by atoms with Crippen molar-refractivity contribution in [3.63, 3.8) is 0 Å². The second-order valence-corrected chi connectivity index (χ2v) is 2.26. The van der Waals surface area contributed by atoms with Crippen molar-refractivity contribution >= 4 is 10.8 Å². The largest absolute Gasteiger partial charge is 0.240 e. The minimum atomic E-state index is 0.750. The van der Waals surface area contributed by atoms with E-state index < -0.39 is 0 Å². The Bertz CT molecular complexity index is 276. The Morgan fingerprint density at radius 2 is 1.67 bits per heavy atom. The third-order valence-corrected chi connectivity index (χ3v) is 1.57. The van der Waals surface area contributed by atoms with Crippen LogP contribution in [0.5, 0.6) is 0 Å². The lowest BCUT2D eigenvalue weighted by molar-refractivity contribution is 0.282. The van der Waals surface area contributed by atoms with Crippen LogP contribution in [0.25, 0.3) is 10.8 Å². The highest BCUT2D eigenvalue weighted by Gasteiger charge is 1.85. The fourth-order valence-electron chi connectivity index (χ4n) is 1.06. The maximum atomic E-state index is 8.25. The lowest BCUT2D eigenvalue weighted by Gasteiger charge is -1.91. The minimum absolute atomic E-state index is 0.750. The molecule has 0 atom stereocenters. The molecule has 0 fully saturated rings. The van der Waals surface area contributed by atoms with Gasteiger partial charge >= 0.3 is 0 Å². The van der Waals surface area contributed by atoms with Crippen LogP contribution in [-0.2, 0) is 5.11 Å². The van der Waals surface area contributed by atoms with E-state index in [9.17, 15) is 0 Å². The van der Waals surface area contributed by atoms with Gasteiger partial charge in [-0.15, -0.1) is 0 Å². The normalized spacial score (nSPS) is 8.83. The molecule has 0 aromatic heterocycles. The first-order valence-electron chi connectivity index (χ1n) is 3.73. The van der Waals surface area contributed by atoms with Crippen LogP contribution in [0.2, 0.25) is 0 Å². The van der Waals surface area contributed by atoms with Gasteiger partial charge in [-0.2, -0.15) is 0 Å². The highest BCUT2D eigenvalue weighted by atomic mass is 16.2. The Hall–Kier alpha value is -1.34.